The van der Waals surface area contributed by atoms with Crippen molar-refractivity contribution in [3.8, 4) is 0 Å². The highest BCUT2D eigenvalue weighted by atomic mass is 16.5. The van der Waals surface area contributed by atoms with Crippen LogP contribution in [0.4, 0.5) is 5.69 Å². The number of carboxylic acid groups (broad SMARTS) is 1. The van der Waals surface area contributed by atoms with E-state index in [-0.39, 0.29) is 18.9 Å². The smallest absolute Gasteiger partial charge is 0.316 e. The van der Waals surface area contributed by atoms with Gasteiger partial charge in [-0.1, -0.05) is 29.8 Å². The summed E-state index contributed by atoms with van der Waals surface area (Å²) >= 11 is 0. The molecule has 0 radical (unpaired) electrons. The quantitative estimate of drug-likeness (QED) is 0.870. The molecule has 3 rings (SSSR count). The van der Waals surface area contributed by atoms with E-state index < -0.39 is 11.4 Å². The van der Waals surface area contributed by atoms with Gasteiger partial charge in [-0.05, 0) is 31.4 Å². The van der Waals surface area contributed by atoms with E-state index in [1.807, 2.05) is 38.1 Å². The molecule has 0 spiro atoms. The Morgan fingerprint density at radius 1 is 1.30 bits per heavy atom. The summed E-state index contributed by atoms with van der Waals surface area (Å²) < 4.78 is 5.29. The number of amides is 1. The number of benzene rings is 1. The summed E-state index contributed by atoms with van der Waals surface area (Å²) in [5.41, 5.74) is 2.50. The maximum absolute atomic E-state index is 12.6. The molecule has 0 bridgehead atoms. The van der Waals surface area contributed by atoms with E-state index in [0.717, 1.165) is 22.4 Å². The van der Waals surface area contributed by atoms with Crippen LogP contribution >= 0.6 is 0 Å². The van der Waals surface area contributed by atoms with Crippen LogP contribution in [-0.2, 0) is 14.3 Å². The van der Waals surface area contributed by atoms with E-state index in [1.165, 1.54) is 0 Å². The van der Waals surface area contributed by atoms with E-state index in [1.54, 1.807) is 4.90 Å². The van der Waals surface area contributed by atoms with Gasteiger partial charge in [-0.2, -0.15) is 0 Å². The van der Waals surface area contributed by atoms with Gasteiger partial charge in [0.1, 0.15) is 5.41 Å². The molecular formula is C18H21NO4. The number of ether oxygens (including phenoxy) is 1. The van der Waals surface area contributed by atoms with Gasteiger partial charge in [0.05, 0.1) is 13.2 Å². The van der Waals surface area contributed by atoms with Crippen molar-refractivity contribution in [1.29, 1.82) is 0 Å². The molecule has 5 nitrogen and oxygen atoms in total. The number of para-hydroxylation sites is 1. The van der Waals surface area contributed by atoms with Gasteiger partial charge in [0.15, 0.2) is 0 Å². The molecule has 1 saturated heterocycles. The van der Waals surface area contributed by atoms with Gasteiger partial charge in [-0.3, -0.25) is 9.59 Å². The molecule has 5 heteroatoms. The van der Waals surface area contributed by atoms with Crippen LogP contribution in [0.1, 0.15) is 24.0 Å². The maximum atomic E-state index is 12.6. The van der Waals surface area contributed by atoms with Crippen LogP contribution in [0.25, 0.3) is 0 Å². The van der Waals surface area contributed by atoms with Crippen molar-refractivity contribution < 1.29 is 19.4 Å². The summed E-state index contributed by atoms with van der Waals surface area (Å²) in [6.45, 7) is 5.02. The van der Waals surface area contributed by atoms with Gasteiger partial charge in [0, 0.05) is 18.7 Å². The molecule has 1 aromatic rings. The van der Waals surface area contributed by atoms with Crippen LogP contribution in [0.2, 0.25) is 0 Å². The second-order valence-corrected chi connectivity index (χ2v) is 6.34. The predicted octanol–water partition coefficient (Wildman–Crippen LogP) is 2.46. The fraction of sp³-hybridized carbons (Fsp3) is 0.444. The summed E-state index contributed by atoms with van der Waals surface area (Å²) in [4.78, 5) is 26.3. The van der Waals surface area contributed by atoms with Crippen LogP contribution in [-0.4, -0.2) is 36.7 Å². The van der Waals surface area contributed by atoms with Crippen LogP contribution in [0.5, 0.6) is 0 Å². The number of hydrogen-bond donors (Lipinski definition) is 1. The Balaban J connectivity index is 2.03. The predicted molar refractivity (Wildman–Crippen MR) is 86.5 cm³/mol. The summed E-state index contributed by atoms with van der Waals surface area (Å²) in [7, 11) is 0. The van der Waals surface area contributed by atoms with Crippen molar-refractivity contribution in [2.75, 3.05) is 24.7 Å². The molecule has 0 saturated carbocycles. The number of carbonyl (C=O) groups is 2. The summed E-state index contributed by atoms with van der Waals surface area (Å²) in [5, 5.41) is 9.88. The van der Waals surface area contributed by atoms with Crippen molar-refractivity contribution in [2.24, 2.45) is 5.41 Å². The highest BCUT2D eigenvalue weighted by molar-refractivity contribution is 6.03. The lowest BCUT2D eigenvalue weighted by Gasteiger charge is -2.30. The Bertz CT molecular complexity index is 674. The Hall–Kier alpha value is -2.14. The molecule has 1 N–H and O–H groups in total. The fourth-order valence-electron chi connectivity index (χ4n) is 3.66. The molecule has 1 atom stereocenters. The largest absolute Gasteiger partial charge is 0.481 e. The highest BCUT2D eigenvalue weighted by Crippen LogP contribution is 2.44. The number of hydrogen-bond acceptors (Lipinski definition) is 3. The average Bonchev–Trinajstić information content (AvgIpc) is 2.87. The summed E-state index contributed by atoms with van der Waals surface area (Å²) in [5.74, 6) is -1.05. The molecule has 1 fully saturated rings. The molecule has 0 aromatic heterocycles. The second kappa shape index (κ2) is 5.81. The molecule has 1 aromatic carbocycles. The maximum Gasteiger partial charge on any atom is 0.316 e. The van der Waals surface area contributed by atoms with Crippen LogP contribution < -0.4 is 4.90 Å². The first-order valence-electron chi connectivity index (χ1n) is 7.83. The minimum absolute atomic E-state index is 0.0158. The van der Waals surface area contributed by atoms with Gasteiger partial charge in [-0.15, -0.1) is 0 Å². The molecule has 122 valence electrons. The van der Waals surface area contributed by atoms with E-state index in [9.17, 15) is 14.7 Å². The Kier molecular flexibility index (Phi) is 3.98. The van der Waals surface area contributed by atoms with Gasteiger partial charge >= 0.3 is 5.97 Å². The number of nitrogens with zero attached hydrogens (tertiary/aromatic N) is 1. The standard InChI is InChI=1S/C18H21NO4/c1-12-4-3-5-13(2)16(12)19-11-18(17(21)22,10-15(19)20)14-6-8-23-9-7-14/h3-6H,7-11H2,1-2H3,(H,21,22). The van der Waals surface area contributed by atoms with E-state index in [2.05, 4.69) is 0 Å². The third-order valence-corrected chi connectivity index (χ3v) is 4.88. The number of carbonyl (C=O) groups excluding carboxylic acids is 1. The first-order chi connectivity index (χ1) is 11.0. The number of carboxylic acids is 1. The summed E-state index contributed by atoms with van der Waals surface area (Å²) in [6, 6.07) is 5.84. The minimum Gasteiger partial charge on any atom is -0.481 e. The average molecular weight is 315 g/mol. The first-order valence-corrected chi connectivity index (χ1v) is 7.83. The normalized spacial score (nSPS) is 24.7. The third kappa shape index (κ3) is 2.55. The zero-order valence-corrected chi connectivity index (χ0v) is 13.5. The molecule has 2 heterocycles. The molecule has 23 heavy (non-hydrogen) atoms. The number of aliphatic carboxylic acids is 1. The van der Waals surface area contributed by atoms with Gasteiger partial charge in [0.25, 0.3) is 0 Å². The third-order valence-electron chi connectivity index (χ3n) is 4.88. The molecular weight excluding hydrogens is 294 g/mol. The SMILES string of the molecule is Cc1cccc(C)c1N1CC(C(=O)O)(C2=CCOCC2)CC1=O. The zero-order valence-electron chi connectivity index (χ0n) is 13.5. The molecule has 2 aliphatic rings. The van der Waals surface area contributed by atoms with Crippen molar-refractivity contribution in [3.63, 3.8) is 0 Å². The lowest BCUT2D eigenvalue weighted by atomic mass is 9.77. The topological polar surface area (TPSA) is 66.8 Å². The van der Waals surface area contributed by atoms with Gasteiger partial charge in [-0.25, -0.2) is 0 Å². The van der Waals surface area contributed by atoms with Crippen LogP contribution in [0.3, 0.4) is 0 Å². The molecule has 2 aliphatic heterocycles. The van der Waals surface area contributed by atoms with Crippen molar-refractivity contribution in [1.82, 2.24) is 0 Å². The van der Waals surface area contributed by atoms with Crippen molar-refractivity contribution in [2.45, 2.75) is 26.7 Å². The molecule has 1 unspecified atom stereocenters. The van der Waals surface area contributed by atoms with Gasteiger partial charge < -0.3 is 14.7 Å². The monoisotopic (exact) mass is 315 g/mol. The van der Waals surface area contributed by atoms with E-state index in [0.29, 0.717) is 19.6 Å². The molecule has 0 aliphatic carbocycles. The van der Waals surface area contributed by atoms with Crippen LogP contribution in [0, 0.1) is 19.3 Å². The lowest BCUT2D eigenvalue weighted by molar-refractivity contribution is -0.146. The minimum atomic E-state index is -1.13. The second-order valence-electron chi connectivity index (χ2n) is 6.34. The number of aryl methyl sites for hydroxylation is 2. The Morgan fingerprint density at radius 2 is 2.00 bits per heavy atom. The first kappa shape index (κ1) is 15.7. The van der Waals surface area contributed by atoms with Crippen molar-refractivity contribution in [3.05, 3.63) is 41.0 Å². The van der Waals surface area contributed by atoms with Crippen molar-refractivity contribution >= 4 is 17.6 Å². The number of rotatable bonds is 3. The molecule has 1 amide bonds. The Labute approximate surface area is 135 Å². The fourth-order valence-corrected chi connectivity index (χ4v) is 3.66. The lowest BCUT2D eigenvalue weighted by Crippen LogP contribution is -2.38. The van der Waals surface area contributed by atoms with E-state index in [4.69, 9.17) is 4.74 Å². The summed E-state index contributed by atoms with van der Waals surface area (Å²) in [6.07, 6.45) is 2.42. The Morgan fingerprint density at radius 3 is 2.57 bits per heavy atom. The van der Waals surface area contributed by atoms with E-state index >= 15 is 0 Å². The zero-order chi connectivity index (χ0) is 16.6. The van der Waals surface area contributed by atoms with Crippen LogP contribution in [0.15, 0.2) is 29.8 Å². The highest BCUT2D eigenvalue weighted by Gasteiger charge is 2.52. The number of anilines is 1. The van der Waals surface area contributed by atoms with Gasteiger partial charge in [0.2, 0.25) is 5.91 Å².